The van der Waals surface area contributed by atoms with Gasteiger partial charge >= 0.3 is 0 Å². The molecule has 2 aromatic carbocycles. The summed E-state index contributed by atoms with van der Waals surface area (Å²) in [5.74, 6) is -0.604. The molecule has 1 saturated heterocycles. The van der Waals surface area contributed by atoms with E-state index in [1.807, 2.05) is 0 Å². The fourth-order valence-corrected chi connectivity index (χ4v) is 5.49. The number of benzene rings is 2. The molecule has 0 bridgehead atoms. The van der Waals surface area contributed by atoms with E-state index in [1.54, 1.807) is 19.1 Å². The van der Waals surface area contributed by atoms with Crippen molar-refractivity contribution in [2.24, 2.45) is 0 Å². The van der Waals surface area contributed by atoms with Crippen LogP contribution in [0.2, 0.25) is 5.02 Å². The van der Waals surface area contributed by atoms with E-state index in [9.17, 15) is 21.6 Å². The van der Waals surface area contributed by atoms with Crippen LogP contribution < -0.4 is 10.0 Å². The average Bonchev–Trinajstić information content (AvgIpc) is 3.19. The SMILES string of the molecule is Cc1ccc(NC(=O)c2cc(S(=O)(=O)N3CCCC3)ccc2Cl)cc1NS(C)(=O)=O. The highest BCUT2D eigenvalue weighted by atomic mass is 35.5. The zero-order chi connectivity index (χ0) is 22.1. The Hall–Kier alpha value is -2.14. The van der Waals surface area contributed by atoms with Gasteiger partial charge in [-0.1, -0.05) is 17.7 Å². The maximum atomic E-state index is 12.8. The molecule has 8 nitrogen and oxygen atoms in total. The van der Waals surface area contributed by atoms with Crippen molar-refractivity contribution in [1.29, 1.82) is 0 Å². The van der Waals surface area contributed by atoms with Crippen LogP contribution in [0.5, 0.6) is 0 Å². The molecule has 1 heterocycles. The summed E-state index contributed by atoms with van der Waals surface area (Å²) < 4.78 is 52.4. The van der Waals surface area contributed by atoms with Crippen LogP contribution in [0.4, 0.5) is 11.4 Å². The zero-order valence-corrected chi connectivity index (χ0v) is 18.9. The monoisotopic (exact) mass is 471 g/mol. The van der Waals surface area contributed by atoms with E-state index in [1.165, 1.54) is 28.6 Å². The third kappa shape index (κ3) is 5.12. The third-order valence-corrected chi connectivity index (χ3v) is 7.49. The second-order valence-corrected chi connectivity index (χ2v) is 11.2. The number of halogens is 1. The maximum Gasteiger partial charge on any atom is 0.257 e. The molecule has 0 spiro atoms. The van der Waals surface area contributed by atoms with E-state index >= 15 is 0 Å². The summed E-state index contributed by atoms with van der Waals surface area (Å²) >= 11 is 6.15. The van der Waals surface area contributed by atoms with Gasteiger partial charge in [-0.25, -0.2) is 16.8 Å². The van der Waals surface area contributed by atoms with E-state index in [0.29, 0.717) is 30.0 Å². The summed E-state index contributed by atoms with van der Waals surface area (Å²) in [6.45, 7) is 2.63. The van der Waals surface area contributed by atoms with Crippen LogP contribution in [-0.4, -0.2) is 46.4 Å². The first-order valence-electron chi connectivity index (χ1n) is 9.17. The minimum absolute atomic E-state index is 0.00212. The topological polar surface area (TPSA) is 113 Å². The molecule has 0 aromatic heterocycles. The minimum Gasteiger partial charge on any atom is -0.322 e. The molecular formula is C19H22ClN3O5S2. The summed E-state index contributed by atoms with van der Waals surface area (Å²) in [6.07, 6.45) is 2.64. The standard InChI is InChI=1S/C19H22ClN3O5S2/c1-13-5-6-14(11-18(13)22-29(2,25)26)21-19(24)16-12-15(7-8-17(16)20)30(27,28)23-9-3-4-10-23/h5-8,11-12,22H,3-4,9-10H2,1-2H3,(H,21,24). The smallest absolute Gasteiger partial charge is 0.257 e. The Morgan fingerprint density at radius 3 is 2.33 bits per heavy atom. The van der Waals surface area contributed by atoms with E-state index < -0.39 is 26.0 Å². The number of hydrogen-bond acceptors (Lipinski definition) is 5. The molecule has 0 atom stereocenters. The molecule has 1 amide bonds. The third-order valence-electron chi connectivity index (χ3n) is 4.68. The summed E-state index contributed by atoms with van der Waals surface area (Å²) in [5.41, 5.74) is 1.35. The van der Waals surface area contributed by atoms with Crippen LogP contribution >= 0.6 is 11.6 Å². The Kier molecular flexibility index (Phi) is 6.42. The van der Waals surface area contributed by atoms with Gasteiger partial charge in [0.25, 0.3) is 5.91 Å². The molecule has 30 heavy (non-hydrogen) atoms. The highest BCUT2D eigenvalue weighted by Gasteiger charge is 2.28. The van der Waals surface area contributed by atoms with Crippen LogP contribution in [0.1, 0.15) is 28.8 Å². The van der Waals surface area contributed by atoms with Crippen molar-refractivity contribution in [2.45, 2.75) is 24.7 Å². The van der Waals surface area contributed by atoms with Gasteiger partial charge in [-0.15, -0.1) is 0 Å². The predicted octanol–water partition coefficient (Wildman–Crippen LogP) is 3.06. The zero-order valence-electron chi connectivity index (χ0n) is 16.5. The van der Waals surface area contributed by atoms with Crippen LogP contribution in [0.3, 0.4) is 0 Å². The van der Waals surface area contributed by atoms with Crippen molar-refractivity contribution >= 4 is 48.9 Å². The van der Waals surface area contributed by atoms with Crippen molar-refractivity contribution in [1.82, 2.24) is 4.31 Å². The summed E-state index contributed by atoms with van der Waals surface area (Å²) in [6, 6.07) is 8.76. The molecule has 2 N–H and O–H groups in total. The molecule has 0 aliphatic carbocycles. The molecule has 1 aliphatic rings. The number of anilines is 2. The van der Waals surface area contributed by atoms with Gasteiger partial charge in [0, 0.05) is 18.8 Å². The largest absolute Gasteiger partial charge is 0.322 e. The van der Waals surface area contributed by atoms with Gasteiger partial charge in [0.05, 0.1) is 27.4 Å². The number of carbonyl (C=O) groups excluding carboxylic acids is 1. The van der Waals surface area contributed by atoms with Crippen LogP contribution in [0.25, 0.3) is 0 Å². The van der Waals surface area contributed by atoms with Crippen molar-refractivity contribution in [2.75, 3.05) is 29.4 Å². The molecule has 3 rings (SSSR count). The lowest BCUT2D eigenvalue weighted by Gasteiger charge is -2.16. The second-order valence-electron chi connectivity index (χ2n) is 7.11. The molecule has 1 fully saturated rings. The van der Waals surface area contributed by atoms with Crippen LogP contribution in [0, 0.1) is 6.92 Å². The lowest BCUT2D eigenvalue weighted by Crippen LogP contribution is -2.28. The van der Waals surface area contributed by atoms with Gasteiger partial charge < -0.3 is 5.32 Å². The van der Waals surface area contributed by atoms with E-state index in [4.69, 9.17) is 11.6 Å². The van der Waals surface area contributed by atoms with Crippen LogP contribution in [-0.2, 0) is 20.0 Å². The van der Waals surface area contributed by atoms with Crippen molar-refractivity contribution < 1.29 is 21.6 Å². The number of nitrogens with zero attached hydrogens (tertiary/aromatic N) is 1. The first kappa shape index (κ1) is 22.5. The minimum atomic E-state index is -3.70. The molecule has 0 saturated carbocycles. The Morgan fingerprint density at radius 1 is 1.03 bits per heavy atom. The van der Waals surface area contributed by atoms with Crippen molar-refractivity contribution in [3.05, 3.63) is 52.5 Å². The number of carbonyl (C=O) groups is 1. The summed E-state index contributed by atoms with van der Waals surface area (Å²) in [4.78, 5) is 12.8. The lowest BCUT2D eigenvalue weighted by molar-refractivity contribution is 0.102. The maximum absolute atomic E-state index is 12.8. The van der Waals surface area contributed by atoms with E-state index in [2.05, 4.69) is 10.0 Å². The van der Waals surface area contributed by atoms with E-state index in [-0.39, 0.29) is 15.5 Å². The number of amides is 1. The molecule has 162 valence electrons. The molecule has 2 aromatic rings. The number of rotatable bonds is 6. The number of hydrogen-bond donors (Lipinski definition) is 2. The Morgan fingerprint density at radius 2 is 1.70 bits per heavy atom. The van der Waals surface area contributed by atoms with E-state index in [0.717, 1.165) is 19.1 Å². The fraction of sp³-hybridized carbons (Fsp3) is 0.316. The normalized spacial score (nSPS) is 15.2. The highest BCUT2D eigenvalue weighted by Crippen LogP contribution is 2.27. The van der Waals surface area contributed by atoms with Crippen LogP contribution in [0.15, 0.2) is 41.3 Å². The first-order chi connectivity index (χ1) is 14.0. The predicted molar refractivity (Wildman–Crippen MR) is 117 cm³/mol. The summed E-state index contributed by atoms with van der Waals surface area (Å²) in [5, 5.41) is 2.74. The molecule has 0 unspecified atom stereocenters. The van der Waals surface area contributed by atoms with Gasteiger partial charge in [-0.2, -0.15) is 4.31 Å². The molecular weight excluding hydrogens is 450 g/mol. The molecule has 1 aliphatic heterocycles. The van der Waals surface area contributed by atoms with Crippen molar-refractivity contribution in [3.63, 3.8) is 0 Å². The first-order valence-corrected chi connectivity index (χ1v) is 12.9. The van der Waals surface area contributed by atoms with Gasteiger partial charge in [-0.3, -0.25) is 9.52 Å². The Labute approximate surface area is 181 Å². The number of nitrogens with one attached hydrogen (secondary N) is 2. The molecule has 11 heteroatoms. The number of sulfonamides is 2. The average molecular weight is 472 g/mol. The number of aryl methyl sites for hydroxylation is 1. The Bertz CT molecular complexity index is 1190. The summed E-state index contributed by atoms with van der Waals surface area (Å²) in [7, 11) is -7.19. The van der Waals surface area contributed by atoms with Gasteiger partial charge in [-0.05, 0) is 55.7 Å². The van der Waals surface area contributed by atoms with Gasteiger partial charge in [0.2, 0.25) is 20.0 Å². The quantitative estimate of drug-likeness (QED) is 0.672. The van der Waals surface area contributed by atoms with Gasteiger partial charge in [0.15, 0.2) is 0 Å². The molecule has 0 radical (unpaired) electrons. The Balaban J connectivity index is 1.88. The van der Waals surface area contributed by atoms with Crippen molar-refractivity contribution in [3.8, 4) is 0 Å². The fourth-order valence-electron chi connectivity index (χ4n) is 3.12. The lowest BCUT2D eigenvalue weighted by atomic mass is 10.1. The highest BCUT2D eigenvalue weighted by molar-refractivity contribution is 7.92. The van der Waals surface area contributed by atoms with Gasteiger partial charge in [0.1, 0.15) is 0 Å². The second kappa shape index (κ2) is 8.54.